The van der Waals surface area contributed by atoms with Crippen molar-refractivity contribution < 1.29 is 19.2 Å². The molecule has 0 bridgehead atoms. The molecule has 1 aromatic carbocycles. The first kappa shape index (κ1) is 25.4. The number of benzene rings is 1. The van der Waals surface area contributed by atoms with E-state index in [1.807, 2.05) is 52.8 Å². The molecular formula is C26H36N2O4. The maximum absolute atomic E-state index is 13.0. The van der Waals surface area contributed by atoms with Crippen molar-refractivity contribution >= 4 is 17.6 Å². The van der Waals surface area contributed by atoms with Crippen molar-refractivity contribution in [2.75, 3.05) is 19.7 Å². The van der Waals surface area contributed by atoms with Gasteiger partial charge in [0.25, 0.3) is 5.91 Å². The van der Waals surface area contributed by atoms with E-state index in [1.54, 1.807) is 4.90 Å². The number of hydrogen-bond acceptors (Lipinski definition) is 5. The zero-order valence-corrected chi connectivity index (χ0v) is 20.0. The summed E-state index contributed by atoms with van der Waals surface area (Å²) in [5, 5.41) is 4.25. The molecule has 0 N–H and O–H groups in total. The van der Waals surface area contributed by atoms with E-state index < -0.39 is 0 Å². The molecule has 174 valence electrons. The van der Waals surface area contributed by atoms with Gasteiger partial charge in [-0.2, -0.15) is 0 Å². The van der Waals surface area contributed by atoms with E-state index in [0.717, 1.165) is 29.5 Å². The van der Waals surface area contributed by atoms with Crippen LogP contribution in [0.3, 0.4) is 0 Å². The molecule has 6 nitrogen and oxygen atoms in total. The summed E-state index contributed by atoms with van der Waals surface area (Å²) in [5.41, 5.74) is 4.01. The lowest BCUT2D eigenvalue weighted by atomic mass is 9.95. The standard InChI is InChI=1S/C26H36N2O4/c1-6-28(7-2)24(29)18-31-27-23-14-12-10-8-9-11-13-21(5)32-26(30)25-20(4)15-19(3)16-22(25)17-23/h9,11-12,14-16,21H,6-8,10,13,17-18H2,1-5H3/b11-9+,14-12?,27-23+/t21-/m1/s1. The van der Waals surface area contributed by atoms with Crippen molar-refractivity contribution in [3.63, 3.8) is 0 Å². The first-order valence-electron chi connectivity index (χ1n) is 11.4. The number of fused-ring (bicyclic) bond motifs is 1. The van der Waals surface area contributed by atoms with Gasteiger partial charge in [-0.05, 0) is 64.7 Å². The highest BCUT2D eigenvalue weighted by Gasteiger charge is 2.20. The summed E-state index contributed by atoms with van der Waals surface area (Å²) in [7, 11) is 0. The highest BCUT2D eigenvalue weighted by atomic mass is 16.6. The quantitative estimate of drug-likeness (QED) is 0.370. The van der Waals surface area contributed by atoms with Gasteiger partial charge in [-0.1, -0.05) is 41.1 Å². The maximum atomic E-state index is 13.0. The number of cyclic esters (lactones) is 1. The van der Waals surface area contributed by atoms with Crippen molar-refractivity contribution in [1.82, 2.24) is 4.90 Å². The molecule has 0 unspecified atom stereocenters. The van der Waals surface area contributed by atoms with Crippen LogP contribution in [0.2, 0.25) is 0 Å². The second-order valence-corrected chi connectivity index (χ2v) is 8.12. The van der Waals surface area contributed by atoms with Gasteiger partial charge in [-0.25, -0.2) is 4.79 Å². The minimum absolute atomic E-state index is 0.0981. The summed E-state index contributed by atoms with van der Waals surface area (Å²) >= 11 is 0. The summed E-state index contributed by atoms with van der Waals surface area (Å²) in [6.45, 7) is 10.9. The van der Waals surface area contributed by atoms with Crippen LogP contribution in [0.25, 0.3) is 0 Å². The summed E-state index contributed by atoms with van der Waals surface area (Å²) in [5.74, 6) is -0.421. The highest BCUT2D eigenvalue weighted by molar-refractivity contribution is 6.00. The maximum Gasteiger partial charge on any atom is 0.338 e. The van der Waals surface area contributed by atoms with Crippen LogP contribution >= 0.6 is 0 Å². The first-order valence-corrected chi connectivity index (χ1v) is 11.4. The van der Waals surface area contributed by atoms with Crippen LogP contribution in [0.4, 0.5) is 0 Å². The molecule has 0 saturated heterocycles. The molecular weight excluding hydrogens is 404 g/mol. The third-order valence-electron chi connectivity index (χ3n) is 5.38. The average molecular weight is 441 g/mol. The summed E-state index contributed by atoms with van der Waals surface area (Å²) in [4.78, 5) is 32.3. The summed E-state index contributed by atoms with van der Waals surface area (Å²) < 4.78 is 5.71. The van der Waals surface area contributed by atoms with Gasteiger partial charge in [0.15, 0.2) is 6.61 Å². The molecule has 0 radical (unpaired) electrons. The molecule has 1 amide bonds. The third kappa shape index (κ3) is 7.66. The van der Waals surface area contributed by atoms with Crippen molar-refractivity contribution in [2.45, 2.75) is 66.4 Å². The largest absolute Gasteiger partial charge is 0.459 e. The number of aryl methyl sites for hydroxylation is 2. The molecule has 2 rings (SSSR count). The number of carbonyl (C=O) groups excluding carboxylic acids is 2. The molecule has 0 fully saturated rings. The molecule has 0 spiro atoms. The Kier molecular flexibility index (Phi) is 10.2. The number of oxime groups is 1. The van der Waals surface area contributed by atoms with Crippen molar-refractivity contribution in [1.29, 1.82) is 0 Å². The monoisotopic (exact) mass is 440 g/mol. The lowest BCUT2D eigenvalue weighted by Crippen LogP contribution is -2.33. The van der Waals surface area contributed by atoms with Crippen LogP contribution in [0.1, 0.15) is 67.1 Å². The SMILES string of the molecule is CCN(CC)C(=O)CO/N=C1\C=CCC/C=C/C[C@@H](C)OC(=O)c2c(C)cc(C)cc2C1. The minimum atomic E-state index is -0.323. The van der Waals surface area contributed by atoms with Gasteiger partial charge in [-0.3, -0.25) is 4.79 Å². The van der Waals surface area contributed by atoms with Crippen LogP contribution in [0.5, 0.6) is 0 Å². The molecule has 1 aliphatic rings. The van der Waals surface area contributed by atoms with E-state index in [-0.39, 0.29) is 24.6 Å². The van der Waals surface area contributed by atoms with Gasteiger partial charge >= 0.3 is 5.97 Å². The summed E-state index contributed by atoms with van der Waals surface area (Å²) in [6.07, 6.45) is 10.8. The van der Waals surface area contributed by atoms with Gasteiger partial charge in [0, 0.05) is 25.9 Å². The van der Waals surface area contributed by atoms with E-state index in [4.69, 9.17) is 9.57 Å². The molecule has 1 aliphatic heterocycles. The predicted molar refractivity (Wildman–Crippen MR) is 128 cm³/mol. The Balaban J connectivity index is 2.34. The Bertz CT molecular complexity index is 882. The molecule has 0 saturated carbocycles. The molecule has 32 heavy (non-hydrogen) atoms. The van der Waals surface area contributed by atoms with Gasteiger partial charge in [-0.15, -0.1) is 0 Å². The Hall–Kier alpha value is -2.89. The van der Waals surface area contributed by atoms with Crippen LogP contribution in [0, 0.1) is 13.8 Å². The number of nitrogens with zero attached hydrogens (tertiary/aromatic N) is 2. The normalized spacial score (nSPS) is 19.6. The van der Waals surface area contributed by atoms with Crippen molar-refractivity contribution in [3.05, 3.63) is 58.7 Å². The summed E-state index contributed by atoms with van der Waals surface area (Å²) in [6, 6.07) is 3.98. The first-order chi connectivity index (χ1) is 15.3. The number of hydrogen-bond donors (Lipinski definition) is 0. The van der Waals surface area contributed by atoms with Crippen LogP contribution in [0.15, 0.2) is 41.6 Å². The van der Waals surface area contributed by atoms with E-state index in [2.05, 4.69) is 23.4 Å². The molecule has 1 aromatic rings. The number of amides is 1. The average Bonchev–Trinajstić information content (AvgIpc) is 2.72. The number of allylic oxidation sites excluding steroid dienone is 3. The molecule has 6 heteroatoms. The number of ether oxygens (including phenoxy) is 1. The van der Waals surface area contributed by atoms with Gasteiger partial charge in [0.1, 0.15) is 6.10 Å². The Morgan fingerprint density at radius 2 is 1.88 bits per heavy atom. The fourth-order valence-corrected chi connectivity index (χ4v) is 3.75. The van der Waals surface area contributed by atoms with Gasteiger partial charge in [0.2, 0.25) is 0 Å². The number of likely N-dealkylation sites (N-methyl/N-ethyl adjacent to an activating group) is 1. The fraction of sp³-hybridized carbons (Fsp3) is 0.500. The highest BCUT2D eigenvalue weighted by Crippen LogP contribution is 2.21. The lowest BCUT2D eigenvalue weighted by molar-refractivity contribution is -0.135. The van der Waals surface area contributed by atoms with E-state index in [0.29, 0.717) is 37.2 Å². The predicted octanol–water partition coefficient (Wildman–Crippen LogP) is 4.93. The van der Waals surface area contributed by atoms with E-state index in [1.165, 1.54) is 0 Å². The molecule has 0 aliphatic carbocycles. The smallest absolute Gasteiger partial charge is 0.338 e. The number of esters is 1. The third-order valence-corrected chi connectivity index (χ3v) is 5.38. The molecule has 1 atom stereocenters. The Labute approximate surface area is 192 Å². The lowest BCUT2D eigenvalue weighted by Gasteiger charge is -2.18. The van der Waals surface area contributed by atoms with Crippen molar-refractivity contribution in [3.8, 4) is 0 Å². The second kappa shape index (κ2) is 12.8. The Morgan fingerprint density at radius 1 is 1.16 bits per heavy atom. The molecule has 1 heterocycles. The van der Waals surface area contributed by atoms with Gasteiger partial charge in [0.05, 0.1) is 11.3 Å². The van der Waals surface area contributed by atoms with Crippen LogP contribution in [-0.2, 0) is 20.8 Å². The van der Waals surface area contributed by atoms with Gasteiger partial charge < -0.3 is 14.5 Å². The number of carbonyl (C=O) groups is 2. The fourth-order valence-electron chi connectivity index (χ4n) is 3.75. The van der Waals surface area contributed by atoms with E-state index in [9.17, 15) is 9.59 Å². The zero-order valence-electron chi connectivity index (χ0n) is 20.0. The molecule has 0 aromatic heterocycles. The van der Waals surface area contributed by atoms with Crippen molar-refractivity contribution in [2.24, 2.45) is 5.16 Å². The Morgan fingerprint density at radius 3 is 2.59 bits per heavy atom. The number of rotatable bonds is 5. The van der Waals surface area contributed by atoms with Crippen LogP contribution in [-0.4, -0.2) is 48.3 Å². The van der Waals surface area contributed by atoms with E-state index >= 15 is 0 Å². The minimum Gasteiger partial charge on any atom is -0.459 e. The van der Waals surface area contributed by atoms with Crippen LogP contribution < -0.4 is 0 Å². The second-order valence-electron chi connectivity index (χ2n) is 8.12. The zero-order chi connectivity index (χ0) is 23.5. The topological polar surface area (TPSA) is 68.2 Å².